The molecular formula is C28H24FN5O3. The number of ether oxygens (including phenoxy) is 1. The first-order valence-corrected chi connectivity index (χ1v) is 12.4. The van der Waals surface area contributed by atoms with Crippen LogP contribution in [0.4, 0.5) is 10.2 Å². The summed E-state index contributed by atoms with van der Waals surface area (Å²) >= 11 is 0. The van der Waals surface area contributed by atoms with Gasteiger partial charge in [0, 0.05) is 36.1 Å². The van der Waals surface area contributed by atoms with E-state index in [1.807, 2.05) is 30.3 Å². The van der Waals surface area contributed by atoms with Crippen LogP contribution in [0.2, 0.25) is 0 Å². The van der Waals surface area contributed by atoms with Crippen LogP contribution < -0.4 is 15.0 Å². The summed E-state index contributed by atoms with van der Waals surface area (Å²) in [5.74, 6) is 0.761. The van der Waals surface area contributed by atoms with Gasteiger partial charge in [-0.1, -0.05) is 30.3 Å². The molecule has 4 heterocycles. The molecule has 3 aromatic carbocycles. The molecule has 0 spiro atoms. The Morgan fingerprint density at radius 1 is 1.03 bits per heavy atom. The van der Waals surface area contributed by atoms with Crippen molar-refractivity contribution in [1.82, 2.24) is 20.3 Å². The van der Waals surface area contributed by atoms with Crippen LogP contribution in [0.1, 0.15) is 18.6 Å². The molecule has 2 bridgehead atoms. The summed E-state index contributed by atoms with van der Waals surface area (Å²) in [6.07, 6.45) is 5.11. The first-order chi connectivity index (χ1) is 18.1. The molecule has 2 N–H and O–H groups in total. The maximum Gasteiger partial charge on any atom is 0.319 e. The van der Waals surface area contributed by atoms with Crippen molar-refractivity contribution in [3.05, 3.63) is 72.7 Å². The molecule has 8 nitrogen and oxygen atoms in total. The van der Waals surface area contributed by atoms with Gasteiger partial charge in [-0.15, -0.1) is 0 Å². The van der Waals surface area contributed by atoms with Crippen LogP contribution in [0.25, 0.3) is 32.8 Å². The van der Waals surface area contributed by atoms with Crippen LogP contribution in [0, 0.1) is 5.82 Å². The van der Waals surface area contributed by atoms with Crippen molar-refractivity contribution in [3.8, 4) is 22.9 Å². The van der Waals surface area contributed by atoms with E-state index in [0.29, 0.717) is 40.2 Å². The fraction of sp³-hybridized carbons (Fsp3) is 0.250. The van der Waals surface area contributed by atoms with Crippen molar-refractivity contribution in [2.24, 2.45) is 0 Å². The summed E-state index contributed by atoms with van der Waals surface area (Å²) in [5, 5.41) is 16.3. The molecule has 2 aliphatic heterocycles. The zero-order valence-corrected chi connectivity index (χ0v) is 19.9. The number of benzene rings is 3. The van der Waals surface area contributed by atoms with Gasteiger partial charge >= 0.3 is 6.01 Å². The Labute approximate surface area is 211 Å². The molecule has 0 radical (unpaired) electrons. The minimum atomic E-state index is -0.487. The number of aromatic nitrogens is 3. The maximum absolute atomic E-state index is 16.3. The van der Waals surface area contributed by atoms with E-state index in [0.717, 1.165) is 36.7 Å². The van der Waals surface area contributed by atoms with E-state index in [2.05, 4.69) is 20.2 Å². The molecule has 2 fully saturated rings. The Balaban J connectivity index is 1.39. The highest BCUT2D eigenvalue weighted by molar-refractivity contribution is 6.01. The second-order valence-corrected chi connectivity index (χ2v) is 9.67. The standard InChI is InChI=1S/C28H24FN5O3/c29-25-22(24-10-19(35)9-16-3-1-2-4-21(16)24)7-8-23-26(25)32-28(36-14-20-11-30-15-37-20)33-27(23)34-12-17-5-6-18(13-34)31-17/h1-4,7-11,15,17-18,31,35H,5-6,12-14H2/t17-,18+. The molecule has 186 valence electrons. The van der Waals surface area contributed by atoms with Crippen molar-refractivity contribution >= 4 is 27.5 Å². The van der Waals surface area contributed by atoms with E-state index >= 15 is 4.39 Å². The Bertz CT molecular complexity index is 1610. The molecule has 0 unspecified atom stereocenters. The average molecular weight is 498 g/mol. The first-order valence-electron chi connectivity index (χ1n) is 12.4. The lowest BCUT2D eigenvalue weighted by atomic mass is 9.96. The summed E-state index contributed by atoms with van der Waals surface area (Å²) in [7, 11) is 0. The highest BCUT2D eigenvalue weighted by atomic mass is 19.1. The summed E-state index contributed by atoms with van der Waals surface area (Å²) in [5.41, 5.74) is 1.12. The topological polar surface area (TPSA) is 96.5 Å². The van der Waals surface area contributed by atoms with E-state index in [4.69, 9.17) is 14.1 Å². The molecule has 0 amide bonds. The van der Waals surface area contributed by atoms with Crippen LogP contribution in [0.15, 0.2) is 65.5 Å². The summed E-state index contributed by atoms with van der Waals surface area (Å²) < 4.78 is 27.4. The second-order valence-electron chi connectivity index (χ2n) is 9.67. The average Bonchev–Trinajstić information content (AvgIpc) is 3.56. The third kappa shape index (κ3) is 3.92. The Kier molecular flexibility index (Phi) is 5.17. The van der Waals surface area contributed by atoms with Gasteiger partial charge in [-0.3, -0.25) is 0 Å². The molecular weight excluding hydrogens is 473 g/mol. The molecule has 0 saturated carbocycles. The van der Waals surface area contributed by atoms with Crippen molar-refractivity contribution < 1.29 is 18.7 Å². The lowest BCUT2D eigenvalue weighted by Gasteiger charge is -2.34. The molecule has 9 heteroatoms. The van der Waals surface area contributed by atoms with Crippen molar-refractivity contribution in [3.63, 3.8) is 0 Å². The van der Waals surface area contributed by atoms with E-state index in [1.54, 1.807) is 24.4 Å². The van der Waals surface area contributed by atoms with Gasteiger partial charge in [0.1, 0.15) is 17.1 Å². The number of hydrogen-bond acceptors (Lipinski definition) is 8. The number of oxazole rings is 1. The number of phenolic OH excluding ortho intramolecular Hbond substituents is 1. The van der Waals surface area contributed by atoms with Crippen molar-refractivity contribution in [1.29, 1.82) is 0 Å². The van der Waals surface area contributed by atoms with Gasteiger partial charge in [-0.05, 0) is 47.4 Å². The van der Waals surface area contributed by atoms with E-state index in [9.17, 15) is 5.11 Å². The zero-order valence-electron chi connectivity index (χ0n) is 19.9. The molecule has 2 saturated heterocycles. The number of nitrogens with zero attached hydrogens (tertiary/aromatic N) is 4. The van der Waals surface area contributed by atoms with Gasteiger partial charge in [0.2, 0.25) is 0 Å². The molecule has 37 heavy (non-hydrogen) atoms. The smallest absolute Gasteiger partial charge is 0.319 e. The normalized spacial score (nSPS) is 19.1. The number of halogens is 1. The third-order valence-electron chi connectivity index (χ3n) is 7.25. The minimum absolute atomic E-state index is 0.0709. The number of piperazine rings is 1. The van der Waals surface area contributed by atoms with E-state index in [1.165, 1.54) is 6.39 Å². The molecule has 2 aromatic heterocycles. The zero-order chi connectivity index (χ0) is 24.9. The number of rotatable bonds is 5. The van der Waals surface area contributed by atoms with Crippen molar-refractivity contribution in [2.45, 2.75) is 31.5 Å². The number of nitrogens with one attached hydrogen (secondary N) is 1. The third-order valence-corrected chi connectivity index (χ3v) is 7.25. The van der Waals surface area contributed by atoms with Crippen LogP contribution in [-0.4, -0.2) is 45.2 Å². The highest BCUT2D eigenvalue weighted by Gasteiger charge is 2.34. The summed E-state index contributed by atoms with van der Waals surface area (Å²) in [4.78, 5) is 15.3. The predicted molar refractivity (Wildman–Crippen MR) is 137 cm³/mol. The maximum atomic E-state index is 16.3. The number of aromatic hydroxyl groups is 1. The second kappa shape index (κ2) is 8.70. The van der Waals surface area contributed by atoms with Crippen molar-refractivity contribution in [2.75, 3.05) is 18.0 Å². The Hall–Kier alpha value is -4.24. The van der Waals surface area contributed by atoms with Crippen LogP contribution in [-0.2, 0) is 6.61 Å². The van der Waals surface area contributed by atoms with Crippen LogP contribution in [0.5, 0.6) is 11.8 Å². The fourth-order valence-corrected chi connectivity index (χ4v) is 5.58. The SMILES string of the molecule is Oc1cc(-c2ccc3c(N4C[C@H]5CC[C@@H](C4)N5)nc(OCc4cnco4)nc3c2F)c2ccccc2c1. The lowest BCUT2D eigenvalue weighted by Crippen LogP contribution is -2.51. The Morgan fingerprint density at radius 3 is 2.68 bits per heavy atom. The highest BCUT2D eigenvalue weighted by Crippen LogP contribution is 2.39. The number of hydrogen-bond donors (Lipinski definition) is 2. The molecule has 2 aliphatic rings. The first kappa shape index (κ1) is 22.0. The molecule has 7 rings (SSSR count). The molecule has 5 aromatic rings. The fourth-order valence-electron chi connectivity index (χ4n) is 5.58. The van der Waals surface area contributed by atoms with Gasteiger partial charge in [0.25, 0.3) is 0 Å². The molecule has 2 atom stereocenters. The van der Waals surface area contributed by atoms with E-state index < -0.39 is 5.82 Å². The monoisotopic (exact) mass is 497 g/mol. The van der Waals surface area contributed by atoms with Crippen LogP contribution >= 0.6 is 0 Å². The van der Waals surface area contributed by atoms with Gasteiger partial charge in [0.05, 0.1) is 6.20 Å². The van der Waals surface area contributed by atoms with Gasteiger partial charge in [-0.2, -0.15) is 9.97 Å². The predicted octanol–water partition coefficient (Wildman–Crippen LogP) is 4.80. The van der Waals surface area contributed by atoms with Gasteiger partial charge in [0.15, 0.2) is 24.6 Å². The number of anilines is 1. The number of phenols is 1. The summed E-state index contributed by atoms with van der Waals surface area (Å²) in [6, 6.07) is 15.3. The van der Waals surface area contributed by atoms with E-state index in [-0.39, 0.29) is 23.9 Å². The lowest BCUT2D eigenvalue weighted by molar-refractivity contribution is 0.251. The quantitative estimate of drug-likeness (QED) is 0.357. The molecule has 0 aliphatic carbocycles. The largest absolute Gasteiger partial charge is 0.508 e. The van der Waals surface area contributed by atoms with Gasteiger partial charge in [-0.25, -0.2) is 9.37 Å². The van der Waals surface area contributed by atoms with Gasteiger partial charge < -0.3 is 24.5 Å². The van der Waals surface area contributed by atoms with Crippen LogP contribution in [0.3, 0.4) is 0 Å². The summed E-state index contributed by atoms with van der Waals surface area (Å²) in [6.45, 7) is 1.64. The minimum Gasteiger partial charge on any atom is -0.508 e. The number of fused-ring (bicyclic) bond motifs is 4. The Morgan fingerprint density at radius 2 is 1.86 bits per heavy atom.